The fourth-order valence-electron chi connectivity index (χ4n) is 3.52. The maximum atomic E-state index is 14.1. The number of likely N-dealkylation sites (tertiary alicyclic amines) is 1. The average Bonchev–Trinajstić information content (AvgIpc) is 3.13. The van der Waals surface area contributed by atoms with Crippen molar-refractivity contribution in [1.29, 1.82) is 0 Å². The molecule has 2 atom stereocenters. The van der Waals surface area contributed by atoms with Crippen molar-refractivity contribution in [2.45, 2.75) is 32.0 Å². The van der Waals surface area contributed by atoms with Crippen LogP contribution >= 0.6 is 0 Å². The van der Waals surface area contributed by atoms with Gasteiger partial charge in [0.15, 0.2) is 11.7 Å². The van der Waals surface area contributed by atoms with E-state index in [4.69, 9.17) is 4.42 Å². The molecule has 0 spiro atoms. The van der Waals surface area contributed by atoms with Gasteiger partial charge < -0.3 is 14.6 Å². The smallest absolute Gasteiger partial charge is 0.228 e. The lowest BCUT2D eigenvalue weighted by atomic mass is 10.0. The van der Waals surface area contributed by atoms with E-state index in [0.717, 1.165) is 10.8 Å². The number of oxazole rings is 1. The normalized spacial score (nSPS) is 19.9. The van der Waals surface area contributed by atoms with Gasteiger partial charge in [-0.3, -0.25) is 14.8 Å². The van der Waals surface area contributed by atoms with Gasteiger partial charge >= 0.3 is 0 Å². The van der Waals surface area contributed by atoms with Crippen LogP contribution in [0.5, 0.6) is 0 Å². The molecule has 4 heterocycles. The Kier molecular flexibility index (Phi) is 5.04. The van der Waals surface area contributed by atoms with Crippen molar-refractivity contribution in [1.82, 2.24) is 25.2 Å². The predicted molar refractivity (Wildman–Crippen MR) is 102 cm³/mol. The molecular formula is C20H22FN5O2. The summed E-state index contributed by atoms with van der Waals surface area (Å²) >= 11 is 0. The van der Waals surface area contributed by atoms with Crippen LogP contribution in [-0.2, 0) is 11.2 Å². The minimum Gasteiger partial charge on any atom is -0.439 e. The molecule has 0 saturated carbocycles. The summed E-state index contributed by atoms with van der Waals surface area (Å²) in [5.74, 6) is 1.06. The molecule has 1 N–H and O–H groups in total. The summed E-state index contributed by atoms with van der Waals surface area (Å²) in [6, 6.07) is 3.57. The third-order valence-electron chi connectivity index (χ3n) is 5.13. The van der Waals surface area contributed by atoms with Gasteiger partial charge in [-0.05, 0) is 31.0 Å². The van der Waals surface area contributed by atoms with Crippen LogP contribution in [0, 0.1) is 6.92 Å². The summed E-state index contributed by atoms with van der Waals surface area (Å²) in [6.07, 6.45) is 4.76. The van der Waals surface area contributed by atoms with E-state index >= 15 is 0 Å². The molecule has 1 aliphatic rings. The summed E-state index contributed by atoms with van der Waals surface area (Å²) in [6.45, 7) is 2.45. The van der Waals surface area contributed by atoms with Gasteiger partial charge in [0.2, 0.25) is 5.91 Å². The Balaban J connectivity index is 1.51. The Labute approximate surface area is 162 Å². The molecule has 1 saturated heterocycles. The van der Waals surface area contributed by atoms with Crippen LogP contribution in [0.4, 0.5) is 4.39 Å². The van der Waals surface area contributed by atoms with Gasteiger partial charge in [0.25, 0.3) is 0 Å². The van der Waals surface area contributed by atoms with E-state index in [2.05, 4.69) is 20.3 Å². The second-order valence-electron chi connectivity index (χ2n) is 7.05. The number of carbonyl (C=O) groups excluding carboxylic acids is 1. The molecule has 3 aromatic heterocycles. The molecule has 146 valence electrons. The van der Waals surface area contributed by atoms with E-state index in [9.17, 15) is 9.18 Å². The quantitative estimate of drug-likeness (QED) is 0.744. The highest BCUT2D eigenvalue weighted by atomic mass is 19.1. The fraction of sp³-hybridized carbons (Fsp3) is 0.400. The fourth-order valence-corrected chi connectivity index (χ4v) is 3.52. The molecule has 4 rings (SSSR count). The predicted octanol–water partition coefficient (Wildman–Crippen LogP) is 2.29. The van der Waals surface area contributed by atoms with E-state index < -0.39 is 6.17 Å². The number of carbonyl (C=O) groups is 1. The van der Waals surface area contributed by atoms with Crippen LogP contribution in [0.15, 0.2) is 35.1 Å². The molecule has 0 unspecified atom stereocenters. The zero-order chi connectivity index (χ0) is 19.7. The Bertz CT molecular complexity index is 1010. The average molecular weight is 383 g/mol. The van der Waals surface area contributed by atoms with Crippen LogP contribution in [0.25, 0.3) is 22.2 Å². The highest BCUT2D eigenvalue weighted by molar-refractivity contribution is 5.85. The van der Waals surface area contributed by atoms with Crippen molar-refractivity contribution in [2.24, 2.45) is 0 Å². The first-order valence-corrected chi connectivity index (χ1v) is 9.30. The van der Waals surface area contributed by atoms with Gasteiger partial charge in [-0.15, -0.1) is 0 Å². The summed E-state index contributed by atoms with van der Waals surface area (Å²) < 4.78 is 19.7. The van der Waals surface area contributed by atoms with Crippen LogP contribution in [0.3, 0.4) is 0 Å². The summed E-state index contributed by atoms with van der Waals surface area (Å²) in [5.41, 5.74) is 1.32. The lowest BCUT2D eigenvalue weighted by Crippen LogP contribution is -2.51. The first kappa shape index (κ1) is 18.5. The molecule has 28 heavy (non-hydrogen) atoms. The molecule has 1 fully saturated rings. The zero-order valence-electron chi connectivity index (χ0n) is 15.9. The van der Waals surface area contributed by atoms with Crippen LogP contribution in [-0.4, -0.2) is 58.1 Å². The SMILES string of the molecule is CN[C@@H]1CCN(C(=O)Cc2cc3cc(-c4cnc(C)o4)ncc3cn2)C[C@H]1F. The highest BCUT2D eigenvalue weighted by Gasteiger charge is 2.30. The van der Waals surface area contributed by atoms with E-state index in [1.807, 2.05) is 12.1 Å². The Morgan fingerprint density at radius 3 is 2.79 bits per heavy atom. The highest BCUT2D eigenvalue weighted by Crippen LogP contribution is 2.23. The molecule has 1 aliphatic heterocycles. The summed E-state index contributed by atoms with van der Waals surface area (Å²) in [7, 11) is 1.75. The van der Waals surface area contributed by atoms with Crippen molar-refractivity contribution in [3.8, 4) is 11.5 Å². The second-order valence-corrected chi connectivity index (χ2v) is 7.05. The molecule has 8 heteroatoms. The number of piperidine rings is 1. The molecule has 3 aromatic rings. The van der Waals surface area contributed by atoms with Crippen molar-refractivity contribution in [3.63, 3.8) is 0 Å². The number of hydrogen-bond acceptors (Lipinski definition) is 6. The molecule has 0 bridgehead atoms. The lowest BCUT2D eigenvalue weighted by molar-refractivity contribution is -0.133. The summed E-state index contributed by atoms with van der Waals surface area (Å²) in [5, 5.41) is 4.74. The Morgan fingerprint density at radius 2 is 2.07 bits per heavy atom. The summed E-state index contributed by atoms with van der Waals surface area (Å²) in [4.78, 5) is 27.0. The number of hydrogen-bond donors (Lipinski definition) is 1. The van der Waals surface area contributed by atoms with Gasteiger partial charge in [0.05, 0.1) is 24.9 Å². The second kappa shape index (κ2) is 7.63. The minimum atomic E-state index is -1.05. The lowest BCUT2D eigenvalue weighted by Gasteiger charge is -2.34. The van der Waals surface area contributed by atoms with Gasteiger partial charge in [0.1, 0.15) is 11.9 Å². The molecule has 7 nitrogen and oxygen atoms in total. The number of alkyl halides is 1. The maximum Gasteiger partial charge on any atom is 0.228 e. The number of pyridine rings is 2. The topological polar surface area (TPSA) is 84.2 Å². The maximum absolute atomic E-state index is 14.1. The zero-order valence-corrected chi connectivity index (χ0v) is 15.9. The number of nitrogens with zero attached hydrogens (tertiary/aromatic N) is 4. The van der Waals surface area contributed by atoms with Crippen molar-refractivity contribution in [3.05, 3.63) is 42.3 Å². The Morgan fingerprint density at radius 1 is 1.25 bits per heavy atom. The number of aryl methyl sites for hydroxylation is 1. The van der Waals surface area contributed by atoms with E-state index in [-0.39, 0.29) is 24.9 Å². The number of aromatic nitrogens is 3. The van der Waals surface area contributed by atoms with Crippen LogP contribution in [0.2, 0.25) is 0 Å². The van der Waals surface area contributed by atoms with Crippen LogP contribution in [0.1, 0.15) is 18.0 Å². The van der Waals surface area contributed by atoms with Gasteiger partial charge in [-0.2, -0.15) is 0 Å². The monoisotopic (exact) mass is 383 g/mol. The Hall–Kier alpha value is -2.87. The number of nitrogens with one attached hydrogen (secondary N) is 1. The standard InChI is InChI=1S/C20H22FN5O2/c1-12-23-10-19(28-12)18-6-13-5-15(24-8-14(13)9-25-18)7-20(27)26-4-3-17(22-2)16(21)11-26/h5-6,8-10,16-17,22H,3-4,7,11H2,1-2H3/t16-,17-/m1/s1. The van der Waals surface area contributed by atoms with Gasteiger partial charge in [-0.25, -0.2) is 9.37 Å². The number of amides is 1. The number of rotatable bonds is 4. The first-order chi connectivity index (χ1) is 13.5. The number of fused-ring (bicyclic) bond motifs is 1. The number of halogens is 1. The molecule has 0 aliphatic carbocycles. The van der Waals surface area contributed by atoms with E-state index in [0.29, 0.717) is 36.0 Å². The molecule has 0 aromatic carbocycles. The van der Waals surface area contributed by atoms with Gasteiger partial charge in [0, 0.05) is 37.3 Å². The first-order valence-electron chi connectivity index (χ1n) is 9.30. The van der Waals surface area contributed by atoms with E-state index in [1.54, 1.807) is 37.5 Å². The van der Waals surface area contributed by atoms with Crippen molar-refractivity contribution in [2.75, 3.05) is 20.1 Å². The van der Waals surface area contributed by atoms with Gasteiger partial charge in [-0.1, -0.05) is 0 Å². The van der Waals surface area contributed by atoms with E-state index in [1.165, 1.54) is 0 Å². The molecule has 0 radical (unpaired) electrons. The molecular weight excluding hydrogens is 361 g/mol. The molecule has 1 amide bonds. The van der Waals surface area contributed by atoms with Crippen LogP contribution < -0.4 is 5.32 Å². The third kappa shape index (κ3) is 3.73. The third-order valence-corrected chi connectivity index (χ3v) is 5.13. The van der Waals surface area contributed by atoms with Crippen molar-refractivity contribution >= 4 is 16.7 Å². The minimum absolute atomic E-state index is 0.107. The largest absolute Gasteiger partial charge is 0.439 e. The van der Waals surface area contributed by atoms with Crippen molar-refractivity contribution < 1.29 is 13.6 Å².